The molecule has 130 valence electrons. The fraction of sp³-hybridized carbons (Fsp3) is 0.429. The maximum Gasteiger partial charge on any atom is 0.232 e. The second-order valence-corrected chi connectivity index (χ2v) is 6.28. The molecule has 1 aliphatic rings. The van der Waals surface area contributed by atoms with E-state index < -0.39 is 0 Å². The molecule has 0 radical (unpaired) electrons. The van der Waals surface area contributed by atoms with E-state index in [1.54, 1.807) is 7.11 Å². The number of aromatic nitrogens is 1. The van der Waals surface area contributed by atoms with E-state index >= 15 is 0 Å². The zero-order valence-electron chi connectivity index (χ0n) is 15.0. The average Bonchev–Trinajstić information content (AvgIpc) is 2.62. The highest BCUT2D eigenvalue weighted by molar-refractivity contribution is 5.77. The Kier molecular flexibility index (Phi) is 5.55. The lowest BCUT2D eigenvalue weighted by molar-refractivity contribution is 0.324. The Morgan fingerprint density at radius 2 is 1.80 bits per heavy atom. The van der Waals surface area contributed by atoms with Gasteiger partial charge in [0.1, 0.15) is 17.4 Å². The fourth-order valence-electron chi connectivity index (χ4n) is 3.49. The van der Waals surface area contributed by atoms with Crippen molar-refractivity contribution >= 4 is 0 Å². The van der Waals surface area contributed by atoms with Gasteiger partial charge in [-0.1, -0.05) is 25.0 Å². The number of hydrogen-bond acceptors (Lipinski definition) is 4. The van der Waals surface area contributed by atoms with Gasteiger partial charge in [-0.3, -0.25) is 0 Å². The van der Waals surface area contributed by atoms with E-state index in [4.69, 9.17) is 14.5 Å². The molecule has 4 heteroatoms. The molecule has 1 aromatic carbocycles. The summed E-state index contributed by atoms with van der Waals surface area (Å²) in [5.41, 5.74) is 4.86. The first kappa shape index (κ1) is 17.3. The monoisotopic (exact) mass is 336 g/mol. The molecule has 0 unspecified atom stereocenters. The predicted octanol–water partition coefficient (Wildman–Crippen LogP) is 4.69. The number of nitrogens with zero attached hydrogens (tertiary/aromatic N) is 2. The van der Waals surface area contributed by atoms with Gasteiger partial charge in [-0.25, -0.2) is 4.98 Å². The van der Waals surface area contributed by atoms with Gasteiger partial charge in [-0.2, -0.15) is 5.26 Å². The van der Waals surface area contributed by atoms with Crippen molar-refractivity contribution in [2.24, 2.45) is 0 Å². The van der Waals surface area contributed by atoms with Gasteiger partial charge in [0.2, 0.25) is 5.88 Å². The maximum atomic E-state index is 9.82. The molecule has 0 saturated heterocycles. The summed E-state index contributed by atoms with van der Waals surface area (Å²) in [6.45, 7) is 2.43. The summed E-state index contributed by atoms with van der Waals surface area (Å²) < 4.78 is 11.0. The average molecular weight is 336 g/mol. The second-order valence-electron chi connectivity index (χ2n) is 6.28. The highest BCUT2D eigenvalue weighted by Crippen LogP contribution is 2.37. The third kappa shape index (κ3) is 3.61. The summed E-state index contributed by atoms with van der Waals surface area (Å²) in [6.07, 6.45) is 6.66. The highest BCUT2D eigenvalue weighted by atomic mass is 16.5. The quantitative estimate of drug-likeness (QED) is 0.813. The Morgan fingerprint density at radius 1 is 1.08 bits per heavy atom. The normalized spacial score (nSPS) is 14.0. The van der Waals surface area contributed by atoms with Crippen molar-refractivity contribution in [3.8, 4) is 28.8 Å². The summed E-state index contributed by atoms with van der Waals surface area (Å²) in [7, 11) is 1.66. The van der Waals surface area contributed by atoms with Crippen LogP contribution in [0, 0.1) is 11.3 Å². The van der Waals surface area contributed by atoms with Crippen LogP contribution in [0.25, 0.3) is 11.1 Å². The number of rotatable bonds is 4. The van der Waals surface area contributed by atoms with Gasteiger partial charge in [-0.05, 0) is 55.9 Å². The molecule has 0 amide bonds. The molecule has 2 aromatic rings. The number of pyridine rings is 1. The van der Waals surface area contributed by atoms with E-state index in [2.05, 4.69) is 6.07 Å². The van der Waals surface area contributed by atoms with Gasteiger partial charge in [0, 0.05) is 11.3 Å². The second kappa shape index (κ2) is 8.02. The lowest BCUT2D eigenvalue weighted by Crippen LogP contribution is -2.10. The molecule has 0 fully saturated rings. The molecule has 0 spiro atoms. The van der Waals surface area contributed by atoms with E-state index in [9.17, 15) is 5.26 Å². The van der Waals surface area contributed by atoms with E-state index in [-0.39, 0.29) is 0 Å². The summed E-state index contributed by atoms with van der Waals surface area (Å²) >= 11 is 0. The van der Waals surface area contributed by atoms with Crippen molar-refractivity contribution in [1.82, 2.24) is 4.98 Å². The van der Waals surface area contributed by atoms with Gasteiger partial charge >= 0.3 is 0 Å². The molecule has 1 heterocycles. The van der Waals surface area contributed by atoms with Crippen LogP contribution in [0.4, 0.5) is 0 Å². The van der Waals surface area contributed by atoms with Crippen molar-refractivity contribution in [2.45, 2.75) is 45.4 Å². The van der Waals surface area contributed by atoms with Gasteiger partial charge in [0.05, 0.1) is 13.7 Å². The lowest BCUT2D eigenvalue weighted by Gasteiger charge is -2.20. The summed E-state index contributed by atoms with van der Waals surface area (Å²) in [5, 5.41) is 9.82. The van der Waals surface area contributed by atoms with Gasteiger partial charge < -0.3 is 9.47 Å². The van der Waals surface area contributed by atoms with E-state index in [1.807, 2.05) is 31.2 Å². The zero-order chi connectivity index (χ0) is 17.6. The number of benzene rings is 1. The molecule has 1 aromatic heterocycles. The molecular weight excluding hydrogens is 312 g/mol. The zero-order valence-corrected chi connectivity index (χ0v) is 15.0. The Balaban J connectivity index is 2.22. The Bertz CT molecular complexity index is 776. The number of methoxy groups -OCH3 is 1. The van der Waals surface area contributed by atoms with Crippen LogP contribution >= 0.6 is 0 Å². The predicted molar refractivity (Wildman–Crippen MR) is 98.0 cm³/mol. The first-order valence-corrected chi connectivity index (χ1v) is 9.01. The Labute approximate surface area is 149 Å². The third-order valence-electron chi connectivity index (χ3n) is 4.71. The molecule has 0 N–H and O–H groups in total. The van der Waals surface area contributed by atoms with Gasteiger partial charge in [0.25, 0.3) is 0 Å². The lowest BCUT2D eigenvalue weighted by atomic mass is 9.88. The van der Waals surface area contributed by atoms with Crippen molar-refractivity contribution in [3.63, 3.8) is 0 Å². The first-order valence-electron chi connectivity index (χ1n) is 9.01. The Morgan fingerprint density at radius 3 is 2.44 bits per heavy atom. The van der Waals surface area contributed by atoms with Crippen LogP contribution in [-0.4, -0.2) is 18.7 Å². The molecule has 1 aliphatic carbocycles. The summed E-state index contributed by atoms with van der Waals surface area (Å²) in [5.74, 6) is 1.28. The van der Waals surface area contributed by atoms with Crippen molar-refractivity contribution < 1.29 is 9.47 Å². The number of nitriles is 1. The van der Waals surface area contributed by atoms with E-state index in [0.717, 1.165) is 48.3 Å². The molecule has 0 saturated carbocycles. The van der Waals surface area contributed by atoms with Crippen LogP contribution in [0.5, 0.6) is 11.6 Å². The number of fused-ring (bicyclic) bond motifs is 1. The van der Waals surface area contributed by atoms with Crippen LogP contribution in [0.3, 0.4) is 0 Å². The smallest absolute Gasteiger partial charge is 0.232 e. The van der Waals surface area contributed by atoms with Crippen molar-refractivity contribution in [1.29, 1.82) is 5.26 Å². The molecule has 4 nitrogen and oxygen atoms in total. The SMILES string of the molecule is CCOc1nc2c(c(-c3ccc(OC)cc3)c1C#N)CCCCCC2. The maximum absolute atomic E-state index is 9.82. The number of aryl methyl sites for hydroxylation is 1. The minimum atomic E-state index is 0.468. The largest absolute Gasteiger partial charge is 0.497 e. The van der Waals surface area contributed by atoms with Crippen LogP contribution < -0.4 is 9.47 Å². The van der Waals surface area contributed by atoms with Crippen LogP contribution in [0.1, 0.15) is 49.4 Å². The molecular formula is C21H24N2O2. The molecule has 0 bridgehead atoms. The number of hydrogen-bond donors (Lipinski definition) is 0. The summed E-state index contributed by atoms with van der Waals surface area (Å²) in [4.78, 5) is 4.73. The number of ether oxygens (including phenoxy) is 2. The van der Waals surface area contributed by atoms with Gasteiger partial charge in [-0.15, -0.1) is 0 Å². The standard InChI is InChI=1S/C21H24N2O2/c1-3-25-21-18(14-22)20(15-10-12-16(24-2)13-11-15)17-8-6-4-5-7-9-19(17)23-21/h10-13H,3-9H2,1-2H3. The minimum Gasteiger partial charge on any atom is -0.497 e. The summed E-state index contributed by atoms with van der Waals surface area (Å²) in [6, 6.07) is 10.3. The van der Waals surface area contributed by atoms with Crippen molar-refractivity contribution in [3.05, 3.63) is 41.1 Å². The topological polar surface area (TPSA) is 55.1 Å². The van der Waals surface area contributed by atoms with Gasteiger partial charge in [0.15, 0.2) is 0 Å². The van der Waals surface area contributed by atoms with Crippen LogP contribution in [0.2, 0.25) is 0 Å². The molecule has 0 atom stereocenters. The van der Waals surface area contributed by atoms with E-state index in [0.29, 0.717) is 18.1 Å². The highest BCUT2D eigenvalue weighted by Gasteiger charge is 2.22. The van der Waals surface area contributed by atoms with Crippen molar-refractivity contribution in [2.75, 3.05) is 13.7 Å². The minimum absolute atomic E-state index is 0.468. The van der Waals surface area contributed by atoms with Crippen LogP contribution in [0.15, 0.2) is 24.3 Å². The first-order chi connectivity index (χ1) is 12.3. The Hall–Kier alpha value is -2.54. The fourth-order valence-corrected chi connectivity index (χ4v) is 3.49. The van der Waals surface area contributed by atoms with Crippen LogP contribution in [-0.2, 0) is 12.8 Å². The van der Waals surface area contributed by atoms with E-state index in [1.165, 1.54) is 18.4 Å². The molecule has 25 heavy (non-hydrogen) atoms. The molecule has 3 rings (SSSR count). The third-order valence-corrected chi connectivity index (χ3v) is 4.71. The molecule has 0 aliphatic heterocycles.